The molecule has 0 aliphatic carbocycles. The van der Waals surface area contributed by atoms with Gasteiger partial charge in [0.15, 0.2) is 6.29 Å². The number of rotatable bonds is 2. The van der Waals surface area contributed by atoms with Crippen molar-refractivity contribution in [3.05, 3.63) is 24.6 Å². The Hall–Kier alpha value is 0.140. The minimum atomic E-state index is -2.64. The van der Waals surface area contributed by atoms with Gasteiger partial charge in [-0.05, 0) is 45.2 Å². The van der Waals surface area contributed by atoms with E-state index in [-0.39, 0.29) is 11.1 Å². The standard InChI is InChI=1S/C7H3F2I2NO/c8-6(9)4-3(2-13)1-12-7(11)5(4)10/h1-2,6H. The average molecular weight is 409 g/mol. The minimum absolute atomic E-state index is 0.0418. The maximum absolute atomic E-state index is 12.5. The molecule has 0 unspecified atom stereocenters. The Morgan fingerprint density at radius 1 is 1.46 bits per heavy atom. The zero-order chi connectivity index (χ0) is 10.0. The second kappa shape index (κ2) is 4.58. The molecule has 0 saturated heterocycles. The van der Waals surface area contributed by atoms with Crippen LogP contribution in [0.5, 0.6) is 0 Å². The van der Waals surface area contributed by atoms with Gasteiger partial charge in [-0.2, -0.15) is 0 Å². The van der Waals surface area contributed by atoms with E-state index in [1.807, 2.05) is 22.6 Å². The molecule has 0 fully saturated rings. The third-order valence-electron chi connectivity index (χ3n) is 1.39. The minimum Gasteiger partial charge on any atom is -0.298 e. The van der Waals surface area contributed by atoms with Crippen molar-refractivity contribution in [2.45, 2.75) is 6.43 Å². The SMILES string of the molecule is O=Cc1cnc(I)c(I)c1C(F)F. The van der Waals surface area contributed by atoms with E-state index in [0.717, 1.165) is 0 Å². The molecule has 0 radical (unpaired) electrons. The quantitative estimate of drug-likeness (QED) is 0.427. The van der Waals surface area contributed by atoms with Crippen LogP contribution in [0.3, 0.4) is 0 Å². The molecule has 0 atom stereocenters. The number of aldehydes is 1. The van der Waals surface area contributed by atoms with E-state index in [0.29, 0.717) is 13.6 Å². The Bertz CT molecular complexity index is 344. The first-order valence-electron chi connectivity index (χ1n) is 3.15. The highest BCUT2D eigenvalue weighted by Gasteiger charge is 2.18. The number of alkyl halides is 2. The number of pyridine rings is 1. The molecular weight excluding hydrogens is 406 g/mol. The van der Waals surface area contributed by atoms with Crippen LogP contribution in [-0.4, -0.2) is 11.3 Å². The molecule has 6 heteroatoms. The first-order chi connectivity index (χ1) is 6.07. The number of carbonyl (C=O) groups excluding carboxylic acids is 1. The normalized spacial score (nSPS) is 10.5. The highest BCUT2D eigenvalue weighted by molar-refractivity contribution is 14.1. The van der Waals surface area contributed by atoms with Gasteiger partial charge >= 0.3 is 0 Å². The highest BCUT2D eigenvalue weighted by atomic mass is 127. The maximum Gasteiger partial charge on any atom is 0.265 e. The van der Waals surface area contributed by atoms with E-state index in [1.54, 1.807) is 22.6 Å². The molecule has 70 valence electrons. The Kier molecular flexibility index (Phi) is 3.95. The average Bonchev–Trinajstić information content (AvgIpc) is 2.08. The summed E-state index contributed by atoms with van der Waals surface area (Å²) in [6.45, 7) is 0. The summed E-state index contributed by atoms with van der Waals surface area (Å²) < 4.78 is 25.8. The summed E-state index contributed by atoms with van der Waals surface area (Å²) in [4.78, 5) is 14.2. The predicted molar refractivity (Wildman–Crippen MR) is 60.0 cm³/mol. The van der Waals surface area contributed by atoms with Crippen LogP contribution in [-0.2, 0) is 0 Å². The Labute approximate surface area is 100 Å². The van der Waals surface area contributed by atoms with Gasteiger partial charge in [-0.15, -0.1) is 0 Å². The van der Waals surface area contributed by atoms with E-state index < -0.39 is 6.43 Å². The largest absolute Gasteiger partial charge is 0.298 e. The lowest BCUT2D eigenvalue weighted by Crippen LogP contribution is -2.01. The summed E-state index contributed by atoms with van der Waals surface area (Å²) in [6.07, 6.45) is -1.07. The topological polar surface area (TPSA) is 30.0 Å². The molecule has 0 spiro atoms. The highest BCUT2D eigenvalue weighted by Crippen LogP contribution is 2.28. The molecule has 1 aromatic rings. The summed E-state index contributed by atoms with van der Waals surface area (Å²) >= 11 is 3.61. The predicted octanol–water partition coefficient (Wildman–Crippen LogP) is 3.04. The zero-order valence-electron chi connectivity index (χ0n) is 6.10. The fourth-order valence-corrected chi connectivity index (χ4v) is 1.92. The first-order valence-corrected chi connectivity index (χ1v) is 5.31. The molecule has 0 aromatic carbocycles. The first kappa shape index (κ1) is 11.2. The van der Waals surface area contributed by atoms with E-state index in [9.17, 15) is 13.6 Å². The van der Waals surface area contributed by atoms with Gasteiger partial charge < -0.3 is 0 Å². The van der Waals surface area contributed by atoms with Crippen LogP contribution in [0.25, 0.3) is 0 Å². The Morgan fingerprint density at radius 3 is 2.54 bits per heavy atom. The number of hydrogen-bond donors (Lipinski definition) is 0. The summed E-state index contributed by atoms with van der Waals surface area (Å²) in [5.41, 5.74) is -0.269. The molecule has 13 heavy (non-hydrogen) atoms. The number of nitrogens with zero attached hydrogens (tertiary/aromatic N) is 1. The fraction of sp³-hybridized carbons (Fsp3) is 0.143. The molecular formula is C7H3F2I2NO. The lowest BCUT2D eigenvalue weighted by Gasteiger charge is -2.06. The third-order valence-corrected chi connectivity index (χ3v) is 4.33. The van der Waals surface area contributed by atoms with Crippen molar-refractivity contribution >= 4 is 51.5 Å². The van der Waals surface area contributed by atoms with E-state index in [2.05, 4.69) is 4.98 Å². The van der Waals surface area contributed by atoms with Crippen molar-refractivity contribution in [1.29, 1.82) is 0 Å². The second-order valence-corrected chi connectivity index (χ2v) is 4.25. The van der Waals surface area contributed by atoms with E-state index in [1.165, 1.54) is 6.20 Å². The van der Waals surface area contributed by atoms with Crippen LogP contribution in [0, 0.1) is 7.27 Å². The zero-order valence-corrected chi connectivity index (χ0v) is 10.4. The molecule has 1 rings (SSSR count). The van der Waals surface area contributed by atoms with Crippen LogP contribution in [0.2, 0.25) is 0 Å². The van der Waals surface area contributed by atoms with Crippen LogP contribution in [0.15, 0.2) is 6.20 Å². The third kappa shape index (κ3) is 2.33. The van der Waals surface area contributed by atoms with Gasteiger partial charge in [-0.3, -0.25) is 4.79 Å². The molecule has 1 heterocycles. The summed E-state index contributed by atoms with van der Waals surface area (Å²) in [7, 11) is 0. The number of aromatic nitrogens is 1. The molecule has 0 bridgehead atoms. The molecule has 1 aromatic heterocycles. The molecule has 2 nitrogen and oxygen atoms in total. The van der Waals surface area contributed by atoms with Gasteiger partial charge in [0.05, 0.1) is 3.57 Å². The molecule has 0 N–H and O–H groups in total. The molecule has 0 aliphatic heterocycles. The van der Waals surface area contributed by atoms with Crippen molar-refractivity contribution in [2.75, 3.05) is 0 Å². The van der Waals surface area contributed by atoms with Crippen LogP contribution >= 0.6 is 45.2 Å². The van der Waals surface area contributed by atoms with Gasteiger partial charge in [0.25, 0.3) is 6.43 Å². The smallest absolute Gasteiger partial charge is 0.265 e. The lowest BCUT2D eigenvalue weighted by molar-refractivity contribution is 0.110. The number of hydrogen-bond acceptors (Lipinski definition) is 2. The number of carbonyl (C=O) groups is 1. The summed E-state index contributed by atoms with van der Waals surface area (Å²) in [5, 5.41) is 0. The van der Waals surface area contributed by atoms with Crippen molar-refractivity contribution < 1.29 is 13.6 Å². The van der Waals surface area contributed by atoms with Crippen molar-refractivity contribution in [3.63, 3.8) is 0 Å². The Balaban J connectivity index is 3.41. The molecule has 0 amide bonds. The Morgan fingerprint density at radius 2 is 2.08 bits per heavy atom. The van der Waals surface area contributed by atoms with Gasteiger partial charge in [0.1, 0.15) is 3.70 Å². The van der Waals surface area contributed by atoms with Crippen LogP contribution < -0.4 is 0 Å². The monoisotopic (exact) mass is 409 g/mol. The van der Waals surface area contributed by atoms with Gasteiger partial charge in [-0.1, -0.05) is 0 Å². The maximum atomic E-state index is 12.5. The van der Waals surface area contributed by atoms with Gasteiger partial charge in [0, 0.05) is 17.3 Å². The van der Waals surface area contributed by atoms with Crippen LogP contribution in [0.1, 0.15) is 22.3 Å². The van der Waals surface area contributed by atoms with Gasteiger partial charge in [-0.25, -0.2) is 13.8 Å². The van der Waals surface area contributed by atoms with Crippen LogP contribution in [0.4, 0.5) is 8.78 Å². The van der Waals surface area contributed by atoms with E-state index >= 15 is 0 Å². The van der Waals surface area contributed by atoms with Crippen molar-refractivity contribution in [3.8, 4) is 0 Å². The van der Waals surface area contributed by atoms with Crippen molar-refractivity contribution in [1.82, 2.24) is 4.98 Å². The number of halogens is 4. The van der Waals surface area contributed by atoms with E-state index in [4.69, 9.17) is 0 Å². The molecule has 0 aliphatic rings. The fourth-order valence-electron chi connectivity index (χ4n) is 0.806. The van der Waals surface area contributed by atoms with Gasteiger partial charge in [0.2, 0.25) is 0 Å². The summed E-state index contributed by atoms with van der Waals surface area (Å²) in [5.74, 6) is 0. The molecule has 0 saturated carbocycles. The van der Waals surface area contributed by atoms with Crippen molar-refractivity contribution in [2.24, 2.45) is 0 Å². The second-order valence-electron chi connectivity index (χ2n) is 2.15. The summed E-state index contributed by atoms with van der Waals surface area (Å²) in [6, 6.07) is 0. The lowest BCUT2D eigenvalue weighted by atomic mass is 10.2.